The van der Waals surface area contributed by atoms with Crippen LogP contribution in [0.5, 0.6) is 0 Å². The van der Waals surface area contributed by atoms with E-state index in [1.54, 1.807) is 18.0 Å². The van der Waals surface area contributed by atoms with Crippen LogP contribution in [0.4, 0.5) is 5.69 Å². The van der Waals surface area contributed by atoms with Gasteiger partial charge in [0.05, 0.1) is 5.69 Å². The summed E-state index contributed by atoms with van der Waals surface area (Å²) in [6, 6.07) is 5.51. The van der Waals surface area contributed by atoms with Gasteiger partial charge in [-0.1, -0.05) is 18.5 Å². The van der Waals surface area contributed by atoms with E-state index in [-0.39, 0.29) is 5.91 Å². The maximum atomic E-state index is 12.2. The smallest absolute Gasteiger partial charge is 0.265 e. The number of halogens is 1. The number of nitrogens with zero attached hydrogens (tertiary/aromatic N) is 1. The summed E-state index contributed by atoms with van der Waals surface area (Å²) in [6.45, 7) is 2.77. The summed E-state index contributed by atoms with van der Waals surface area (Å²) in [5.41, 5.74) is 6.58. The second-order valence-corrected chi connectivity index (χ2v) is 5.70. The third kappa shape index (κ3) is 2.31. The molecule has 0 aliphatic rings. The van der Waals surface area contributed by atoms with Crippen molar-refractivity contribution in [3.8, 4) is 0 Å². The third-order valence-corrected chi connectivity index (χ3v) is 4.20. The number of carbonyl (C=O) groups excluding carboxylic acids is 1. The van der Waals surface area contributed by atoms with Gasteiger partial charge in [-0.05, 0) is 24.6 Å². The first-order valence-electron chi connectivity index (χ1n) is 5.77. The molecule has 1 aromatic heterocycles. The van der Waals surface area contributed by atoms with E-state index in [9.17, 15) is 4.79 Å². The Morgan fingerprint density at radius 2 is 2.22 bits per heavy atom. The number of carbonyl (C=O) groups is 1. The molecule has 2 N–H and O–H groups in total. The molecule has 3 nitrogen and oxygen atoms in total. The monoisotopic (exact) mass is 282 g/mol. The van der Waals surface area contributed by atoms with Crippen LogP contribution in [-0.2, 0) is 0 Å². The Labute approximate surface area is 115 Å². The van der Waals surface area contributed by atoms with Gasteiger partial charge in [0.1, 0.15) is 4.88 Å². The van der Waals surface area contributed by atoms with Gasteiger partial charge in [0.15, 0.2) is 0 Å². The maximum Gasteiger partial charge on any atom is 0.265 e. The van der Waals surface area contributed by atoms with Gasteiger partial charge in [0, 0.05) is 28.7 Å². The molecule has 0 bridgehead atoms. The van der Waals surface area contributed by atoms with Crippen molar-refractivity contribution >= 4 is 44.6 Å². The molecular weight excluding hydrogens is 268 g/mol. The molecule has 0 aliphatic heterocycles. The van der Waals surface area contributed by atoms with Crippen LogP contribution in [0.15, 0.2) is 18.2 Å². The van der Waals surface area contributed by atoms with E-state index in [1.807, 2.05) is 19.1 Å². The number of rotatable bonds is 3. The lowest BCUT2D eigenvalue weighted by Crippen LogP contribution is -2.27. The Morgan fingerprint density at radius 3 is 2.89 bits per heavy atom. The minimum absolute atomic E-state index is 0.0216. The van der Waals surface area contributed by atoms with Crippen LogP contribution in [0.1, 0.15) is 23.0 Å². The number of anilines is 1. The Morgan fingerprint density at radius 1 is 1.50 bits per heavy atom. The summed E-state index contributed by atoms with van der Waals surface area (Å²) in [5.74, 6) is -0.0216. The topological polar surface area (TPSA) is 46.3 Å². The molecule has 0 saturated carbocycles. The van der Waals surface area contributed by atoms with E-state index in [1.165, 1.54) is 11.3 Å². The van der Waals surface area contributed by atoms with Gasteiger partial charge >= 0.3 is 0 Å². The first kappa shape index (κ1) is 13.2. The molecular formula is C13H15ClN2OS. The van der Waals surface area contributed by atoms with Crippen molar-refractivity contribution in [2.45, 2.75) is 13.3 Å². The molecule has 0 fully saturated rings. The average molecular weight is 283 g/mol. The molecule has 96 valence electrons. The molecule has 2 aromatic rings. The van der Waals surface area contributed by atoms with Crippen molar-refractivity contribution < 1.29 is 4.79 Å². The van der Waals surface area contributed by atoms with Crippen LogP contribution in [0.2, 0.25) is 5.02 Å². The van der Waals surface area contributed by atoms with Crippen LogP contribution in [0, 0.1) is 0 Å². The lowest BCUT2D eigenvalue weighted by atomic mass is 10.2. The number of thiophene rings is 1. The van der Waals surface area contributed by atoms with Gasteiger partial charge in [0.2, 0.25) is 0 Å². The zero-order valence-corrected chi connectivity index (χ0v) is 11.9. The summed E-state index contributed by atoms with van der Waals surface area (Å²) in [4.78, 5) is 14.5. The van der Waals surface area contributed by atoms with Crippen LogP contribution in [0.25, 0.3) is 10.1 Å². The molecule has 0 spiro atoms. The molecule has 0 unspecified atom stereocenters. The van der Waals surface area contributed by atoms with Crippen LogP contribution in [0.3, 0.4) is 0 Å². The van der Waals surface area contributed by atoms with E-state index in [0.29, 0.717) is 15.6 Å². The number of fused-ring (bicyclic) bond motifs is 1. The summed E-state index contributed by atoms with van der Waals surface area (Å²) < 4.78 is 0.991. The predicted molar refractivity (Wildman–Crippen MR) is 78.5 cm³/mol. The summed E-state index contributed by atoms with van der Waals surface area (Å²) in [7, 11) is 1.79. The van der Waals surface area contributed by atoms with Crippen molar-refractivity contribution in [2.24, 2.45) is 0 Å². The fourth-order valence-electron chi connectivity index (χ4n) is 1.86. The fraction of sp³-hybridized carbons (Fsp3) is 0.308. The molecule has 0 atom stereocenters. The van der Waals surface area contributed by atoms with Crippen molar-refractivity contribution in [1.82, 2.24) is 4.90 Å². The lowest BCUT2D eigenvalue weighted by molar-refractivity contribution is 0.0801. The predicted octanol–water partition coefficient (Wildman–Crippen LogP) is 3.62. The van der Waals surface area contributed by atoms with E-state index in [2.05, 4.69) is 0 Å². The highest BCUT2D eigenvalue weighted by Crippen LogP contribution is 2.35. The molecule has 2 rings (SSSR count). The number of hydrogen-bond donors (Lipinski definition) is 1. The molecule has 0 saturated heterocycles. The Balaban J connectivity index is 2.46. The van der Waals surface area contributed by atoms with Gasteiger partial charge in [-0.25, -0.2) is 0 Å². The molecule has 1 aromatic carbocycles. The van der Waals surface area contributed by atoms with Crippen LogP contribution in [-0.4, -0.2) is 24.4 Å². The zero-order valence-electron chi connectivity index (χ0n) is 10.4. The molecule has 0 aliphatic carbocycles. The second kappa shape index (κ2) is 5.16. The number of amides is 1. The van der Waals surface area contributed by atoms with Gasteiger partial charge in [-0.3, -0.25) is 4.79 Å². The lowest BCUT2D eigenvalue weighted by Gasteiger charge is -2.15. The molecule has 1 amide bonds. The normalized spacial score (nSPS) is 10.8. The highest BCUT2D eigenvalue weighted by atomic mass is 35.5. The highest BCUT2D eigenvalue weighted by molar-refractivity contribution is 7.21. The zero-order chi connectivity index (χ0) is 13.3. The van der Waals surface area contributed by atoms with E-state index >= 15 is 0 Å². The quantitative estimate of drug-likeness (QED) is 0.934. The highest BCUT2D eigenvalue weighted by Gasteiger charge is 2.19. The molecule has 5 heteroatoms. The van der Waals surface area contributed by atoms with Crippen LogP contribution < -0.4 is 5.73 Å². The summed E-state index contributed by atoms with van der Waals surface area (Å²) in [6.07, 6.45) is 0.929. The van der Waals surface area contributed by atoms with Crippen molar-refractivity contribution in [3.05, 3.63) is 28.1 Å². The average Bonchev–Trinajstić information content (AvgIpc) is 2.66. The van der Waals surface area contributed by atoms with E-state index in [0.717, 1.165) is 23.1 Å². The first-order chi connectivity index (χ1) is 8.54. The Bertz CT molecular complexity index is 594. The SMILES string of the molecule is CCCN(C)C(=O)c1sc2ccc(Cl)cc2c1N. The third-order valence-electron chi connectivity index (χ3n) is 2.79. The largest absolute Gasteiger partial charge is 0.397 e. The van der Waals surface area contributed by atoms with E-state index in [4.69, 9.17) is 17.3 Å². The minimum atomic E-state index is -0.0216. The van der Waals surface area contributed by atoms with Crippen molar-refractivity contribution in [3.63, 3.8) is 0 Å². The standard InChI is InChI=1S/C13H15ClN2OS/c1-3-6-16(2)13(17)12-11(15)9-7-8(14)4-5-10(9)18-12/h4-5,7H,3,6,15H2,1-2H3. The Hall–Kier alpha value is -1.26. The summed E-state index contributed by atoms with van der Waals surface area (Å²) in [5, 5.41) is 1.49. The van der Waals surface area contributed by atoms with Gasteiger partial charge < -0.3 is 10.6 Å². The number of benzene rings is 1. The van der Waals surface area contributed by atoms with E-state index < -0.39 is 0 Å². The van der Waals surface area contributed by atoms with Crippen molar-refractivity contribution in [2.75, 3.05) is 19.3 Å². The van der Waals surface area contributed by atoms with Gasteiger partial charge in [-0.2, -0.15) is 0 Å². The van der Waals surface area contributed by atoms with Gasteiger partial charge in [-0.15, -0.1) is 11.3 Å². The maximum absolute atomic E-state index is 12.2. The van der Waals surface area contributed by atoms with Crippen LogP contribution >= 0.6 is 22.9 Å². The van der Waals surface area contributed by atoms with Gasteiger partial charge in [0.25, 0.3) is 5.91 Å². The number of nitrogens with two attached hydrogens (primary N) is 1. The Kier molecular flexibility index (Phi) is 3.78. The molecule has 0 radical (unpaired) electrons. The molecule has 18 heavy (non-hydrogen) atoms. The number of nitrogen functional groups attached to an aromatic ring is 1. The minimum Gasteiger partial charge on any atom is -0.397 e. The fourth-order valence-corrected chi connectivity index (χ4v) is 3.13. The first-order valence-corrected chi connectivity index (χ1v) is 6.97. The second-order valence-electron chi connectivity index (χ2n) is 4.21. The molecule has 1 heterocycles. The summed E-state index contributed by atoms with van der Waals surface area (Å²) >= 11 is 7.37. The number of hydrogen-bond acceptors (Lipinski definition) is 3. The van der Waals surface area contributed by atoms with Crippen molar-refractivity contribution in [1.29, 1.82) is 0 Å².